The lowest BCUT2D eigenvalue weighted by Crippen LogP contribution is -2.46. The SMILES string of the molecule is CC(C)(N)CNC(=O)COc1ccc(Cl)cc1Cl.Cl. The molecule has 0 bridgehead atoms. The number of amides is 1. The van der Waals surface area contributed by atoms with Crippen molar-refractivity contribution in [1.82, 2.24) is 5.32 Å². The molecule has 1 rings (SSSR count). The first-order valence-electron chi connectivity index (χ1n) is 5.41. The number of ether oxygens (including phenoxy) is 1. The first-order valence-corrected chi connectivity index (χ1v) is 6.17. The lowest BCUT2D eigenvalue weighted by molar-refractivity contribution is -0.123. The van der Waals surface area contributed by atoms with Gasteiger partial charge in [0.1, 0.15) is 5.75 Å². The van der Waals surface area contributed by atoms with Crippen molar-refractivity contribution >= 4 is 41.5 Å². The number of benzene rings is 1. The first kappa shape index (κ1) is 18.3. The molecule has 0 unspecified atom stereocenters. The summed E-state index contributed by atoms with van der Waals surface area (Å²) in [6.07, 6.45) is 0. The highest BCUT2D eigenvalue weighted by atomic mass is 35.5. The van der Waals surface area contributed by atoms with E-state index in [1.54, 1.807) is 18.2 Å². The molecule has 7 heteroatoms. The van der Waals surface area contributed by atoms with Gasteiger partial charge in [-0.3, -0.25) is 4.79 Å². The number of hydrogen-bond acceptors (Lipinski definition) is 3. The number of carbonyl (C=O) groups excluding carboxylic acids is 1. The van der Waals surface area contributed by atoms with Crippen LogP contribution in [0.3, 0.4) is 0 Å². The largest absolute Gasteiger partial charge is 0.482 e. The van der Waals surface area contributed by atoms with Crippen molar-refractivity contribution < 1.29 is 9.53 Å². The minimum absolute atomic E-state index is 0. The van der Waals surface area contributed by atoms with E-state index in [1.807, 2.05) is 13.8 Å². The predicted octanol–water partition coefficient (Wildman–Crippen LogP) is 2.65. The summed E-state index contributed by atoms with van der Waals surface area (Å²) in [5.74, 6) is 0.169. The monoisotopic (exact) mass is 326 g/mol. The van der Waals surface area contributed by atoms with E-state index in [1.165, 1.54) is 0 Å². The second kappa shape index (κ2) is 7.80. The van der Waals surface area contributed by atoms with E-state index >= 15 is 0 Å². The van der Waals surface area contributed by atoms with Gasteiger partial charge in [0.15, 0.2) is 6.61 Å². The molecule has 0 heterocycles. The van der Waals surface area contributed by atoms with E-state index in [-0.39, 0.29) is 24.9 Å². The zero-order valence-corrected chi connectivity index (χ0v) is 13.0. The molecule has 0 atom stereocenters. The normalized spacial score (nSPS) is 10.6. The van der Waals surface area contributed by atoms with Crippen LogP contribution in [-0.4, -0.2) is 24.6 Å². The van der Waals surface area contributed by atoms with Crippen LogP contribution in [0.1, 0.15) is 13.8 Å². The van der Waals surface area contributed by atoms with Crippen LogP contribution in [0.15, 0.2) is 18.2 Å². The van der Waals surface area contributed by atoms with Crippen molar-refractivity contribution in [2.24, 2.45) is 5.73 Å². The summed E-state index contributed by atoms with van der Waals surface area (Å²) in [5, 5.41) is 3.55. The zero-order valence-electron chi connectivity index (χ0n) is 10.7. The molecule has 0 saturated heterocycles. The smallest absolute Gasteiger partial charge is 0.258 e. The Morgan fingerprint density at radius 1 is 1.42 bits per heavy atom. The van der Waals surface area contributed by atoms with Crippen molar-refractivity contribution in [3.63, 3.8) is 0 Å². The minimum atomic E-state index is -0.451. The third kappa shape index (κ3) is 7.47. The van der Waals surface area contributed by atoms with Gasteiger partial charge in [-0.2, -0.15) is 0 Å². The summed E-state index contributed by atoms with van der Waals surface area (Å²) in [7, 11) is 0. The lowest BCUT2D eigenvalue weighted by atomic mass is 10.1. The highest BCUT2D eigenvalue weighted by molar-refractivity contribution is 6.35. The number of nitrogens with two attached hydrogens (primary N) is 1. The summed E-state index contributed by atoms with van der Waals surface area (Å²) in [5.41, 5.74) is 5.29. The average molecular weight is 328 g/mol. The molecule has 0 aliphatic carbocycles. The minimum Gasteiger partial charge on any atom is -0.482 e. The standard InChI is InChI=1S/C12H16Cl2N2O2.ClH/c1-12(2,15)7-16-11(17)6-18-10-4-3-8(13)5-9(10)14;/h3-5H,6-7,15H2,1-2H3,(H,16,17);1H. The van der Waals surface area contributed by atoms with Gasteiger partial charge in [-0.1, -0.05) is 23.2 Å². The van der Waals surface area contributed by atoms with E-state index in [4.69, 9.17) is 33.7 Å². The van der Waals surface area contributed by atoms with Crippen LogP contribution in [0.4, 0.5) is 0 Å². The fraction of sp³-hybridized carbons (Fsp3) is 0.417. The molecule has 0 aliphatic heterocycles. The van der Waals surface area contributed by atoms with Gasteiger partial charge in [0, 0.05) is 17.1 Å². The van der Waals surface area contributed by atoms with Gasteiger partial charge in [-0.05, 0) is 32.0 Å². The molecule has 0 aliphatic rings. The van der Waals surface area contributed by atoms with E-state index in [0.717, 1.165) is 0 Å². The Morgan fingerprint density at radius 3 is 2.58 bits per heavy atom. The van der Waals surface area contributed by atoms with Crippen LogP contribution in [0.5, 0.6) is 5.75 Å². The van der Waals surface area contributed by atoms with Gasteiger partial charge in [0.25, 0.3) is 5.91 Å². The van der Waals surface area contributed by atoms with Crippen molar-refractivity contribution in [2.75, 3.05) is 13.2 Å². The Bertz CT molecular complexity index is 433. The molecule has 1 aromatic carbocycles. The van der Waals surface area contributed by atoms with Crippen LogP contribution < -0.4 is 15.8 Å². The summed E-state index contributed by atoms with van der Waals surface area (Å²) in [6.45, 7) is 3.91. The average Bonchev–Trinajstić information content (AvgIpc) is 2.24. The van der Waals surface area contributed by atoms with Crippen LogP contribution in [-0.2, 0) is 4.79 Å². The van der Waals surface area contributed by atoms with Crippen molar-refractivity contribution in [3.8, 4) is 5.75 Å². The topological polar surface area (TPSA) is 64.3 Å². The maximum absolute atomic E-state index is 11.5. The molecule has 3 N–H and O–H groups in total. The maximum atomic E-state index is 11.5. The van der Waals surface area contributed by atoms with Gasteiger partial charge >= 0.3 is 0 Å². The number of carbonyl (C=O) groups is 1. The summed E-state index contributed by atoms with van der Waals surface area (Å²) in [6, 6.07) is 4.81. The molecule has 4 nitrogen and oxygen atoms in total. The summed E-state index contributed by atoms with van der Waals surface area (Å²) >= 11 is 11.6. The third-order valence-corrected chi connectivity index (χ3v) is 2.52. The molecular weight excluding hydrogens is 311 g/mol. The van der Waals surface area contributed by atoms with E-state index in [9.17, 15) is 4.79 Å². The molecule has 1 amide bonds. The van der Waals surface area contributed by atoms with Crippen LogP contribution in [0, 0.1) is 0 Å². The van der Waals surface area contributed by atoms with Crippen molar-refractivity contribution in [2.45, 2.75) is 19.4 Å². The third-order valence-electron chi connectivity index (χ3n) is 1.99. The van der Waals surface area contributed by atoms with Gasteiger partial charge in [0.2, 0.25) is 0 Å². The zero-order chi connectivity index (χ0) is 13.8. The quantitative estimate of drug-likeness (QED) is 0.874. The molecule has 1 aromatic rings. The van der Waals surface area contributed by atoms with Gasteiger partial charge in [-0.25, -0.2) is 0 Å². The van der Waals surface area contributed by atoms with Crippen LogP contribution in [0.25, 0.3) is 0 Å². The first-order chi connectivity index (χ1) is 8.28. The molecule has 0 saturated carbocycles. The highest BCUT2D eigenvalue weighted by Gasteiger charge is 2.12. The number of hydrogen-bond donors (Lipinski definition) is 2. The van der Waals surface area contributed by atoms with Gasteiger partial charge in [-0.15, -0.1) is 12.4 Å². The molecule has 19 heavy (non-hydrogen) atoms. The molecule has 0 spiro atoms. The lowest BCUT2D eigenvalue weighted by Gasteiger charge is -2.19. The summed E-state index contributed by atoms with van der Waals surface area (Å²) < 4.78 is 5.28. The van der Waals surface area contributed by atoms with Gasteiger partial charge in [0.05, 0.1) is 5.02 Å². The molecule has 0 aromatic heterocycles. The molecular formula is C12H17Cl3N2O2. The number of halogens is 3. The summed E-state index contributed by atoms with van der Waals surface area (Å²) in [4.78, 5) is 11.5. The second-order valence-electron chi connectivity index (χ2n) is 4.63. The van der Waals surface area contributed by atoms with E-state index < -0.39 is 5.54 Å². The fourth-order valence-electron chi connectivity index (χ4n) is 1.11. The van der Waals surface area contributed by atoms with Crippen LogP contribution in [0.2, 0.25) is 10.0 Å². The fourth-order valence-corrected chi connectivity index (χ4v) is 1.58. The van der Waals surface area contributed by atoms with E-state index in [0.29, 0.717) is 22.3 Å². The molecule has 0 fully saturated rings. The highest BCUT2D eigenvalue weighted by Crippen LogP contribution is 2.27. The Morgan fingerprint density at radius 2 is 2.05 bits per heavy atom. The molecule has 108 valence electrons. The van der Waals surface area contributed by atoms with Crippen molar-refractivity contribution in [1.29, 1.82) is 0 Å². The van der Waals surface area contributed by atoms with Crippen LogP contribution >= 0.6 is 35.6 Å². The molecule has 0 radical (unpaired) electrons. The number of nitrogens with one attached hydrogen (secondary N) is 1. The maximum Gasteiger partial charge on any atom is 0.258 e. The second-order valence-corrected chi connectivity index (χ2v) is 5.47. The predicted molar refractivity (Wildman–Crippen MR) is 80.5 cm³/mol. The Balaban J connectivity index is 0.00000324. The van der Waals surface area contributed by atoms with Gasteiger partial charge < -0.3 is 15.8 Å². The van der Waals surface area contributed by atoms with E-state index in [2.05, 4.69) is 5.32 Å². The number of rotatable bonds is 5. The Hall–Kier alpha value is -0.680. The Kier molecular flexibility index (Phi) is 7.52. The van der Waals surface area contributed by atoms with Crippen molar-refractivity contribution in [3.05, 3.63) is 28.2 Å². The Labute approximate surface area is 129 Å².